The zero-order valence-electron chi connectivity index (χ0n) is 17.1. The third kappa shape index (κ3) is 5.41. The summed E-state index contributed by atoms with van der Waals surface area (Å²) in [6.07, 6.45) is 4.05. The number of piperidine rings is 1. The second-order valence-electron chi connectivity index (χ2n) is 6.67. The van der Waals surface area contributed by atoms with Crippen LogP contribution >= 0.6 is 12.4 Å². The van der Waals surface area contributed by atoms with Crippen LogP contribution in [0.1, 0.15) is 29.4 Å². The van der Waals surface area contributed by atoms with Gasteiger partial charge in [-0.1, -0.05) is 0 Å². The van der Waals surface area contributed by atoms with Crippen molar-refractivity contribution in [3.05, 3.63) is 36.2 Å². The van der Waals surface area contributed by atoms with Gasteiger partial charge in [0.25, 0.3) is 5.91 Å². The van der Waals surface area contributed by atoms with Gasteiger partial charge in [0.05, 0.1) is 26.9 Å². The van der Waals surface area contributed by atoms with Gasteiger partial charge in [0.15, 0.2) is 17.2 Å². The number of amides is 1. The summed E-state index contributed by atoms with van der Waals surface area (Å²) in [5, 5.41) is 7.93. The molecule has 2 heterocycles. The van der Waals surface area contributed by atoms with Gasteiger partial charge in [-0.15, -0.1) is 12.4 Å². The third-order valence-corrected chi connectivity index (χ3v) is 4.92. The average molecular weight is 425 g/mol. The molecule has 160 valence electrons. The molecule has 1 aromatic heterocycles. The second kappa shape index (κ2) is 11.0. The van der Waals surface area contributed by atoms with Gasteiger partial charge >= 0.3 is 0 Å². The maximum atomic E-state index is 13.2. The van der Waals surface area contributed by atoms with Crippen LogP contribution in [0.25, 0.3) is 0 Å². The van der Waals surface area contributed by atoms with Crippen LogP contribution < -0.4 is 19.7 Å². The number of carbonyl (C=O) groups is 1. The molecule has 1 aliphatic rings. The molecule has 0 bridgehead atoms. The number of nitrogens with zero attached hydrogens (tertiary/aromatic N) is 3. The van der Waals surface area contributed by atoms with E-state index in [1.54, 1.807) is 44.4 Å². The number of hydrogen-bond acceptors (Lipinski definition) is 6. The Morgan fingerprint density at radius 1 is 1.24 bits per heavy atom. The van der Waals surface area contributed by atoms with Gasteiger partial charge in [0, 0.05) is 38.1 Å². The first-order valence-corrected chi connectivity index (χ1v) is 9.46. The summed E-state index contributed by atoms with van der Waals surface area (Å²) in [7, 11) is 4.77. The number of benzene rings is 1. The summed E-state index contributed by atoms with van der Waals surface area (Å²) >= 11 is 0. The monoisotopic (exact) mass is 424 g/mol. The Hall–Kier alpha value is -2.29. The lowest BCUT2D eigenvalue weighted by Gasteiger charge is -2.24. The molecule has 0 saturated carbocycles. The van der Waals surface area contributed by atoms with Crippen molar-refractivity contribution >= 4 is 24.0 Å². The van der Waals surface area contributed by atoms with Gasteiger partial charge in [0.1, 0.15) is 0 Å². The molecular weight excluding hydrogens is 396 g/mol. The fourth-order valence-corrected chi connectivity index (χ4v) is 3.38. The molecule has 1 atom stereocenters. The van der Waals surface area contributed by atoms with Gasteiger partial charge in [-0.3, -0.25) is 9.48 Å². The van der Waals surface area contributed by atoms with Crippen molar-refractivity contribution < 1.29 is 19.0 Å². The number of hydrogen-bond donors (Lipinski definition) is 1. The predicted octanol–water partition coefficient (Wildman–Crippen LogP) is 2.54. The summed E-state index contributed by atoms with van der Waals surface area (Å²) in [5.74, 6) is 1.00. The highest BCUT2D eigenvalue weighted by molar-refractivity contribution is 6.04. The maximum absolute atomic E-state index is 13.2. The molecule has 2 aromatic rings. The number of nitrogens with one attached hydrogen (secondary N) is 1. The van der Waals surface area contributed by atoms with E-state index in [0.29, 0.717) is 36.0 Å². The molecule has 1 aromatic carbocycles. The molecular formula is C20H29ClN4O4. The molecule has 1 saturated heterocycles. The lowest BCUT2D eigenvalue weighted by Crippen LogP contribution is -2.35. The Morgan fingerprint density at radius 3 is 2.69 bits per heavy atom. The molecule has 0 aliphatic carbocycles. The summed E-state index contributed by atoms with van der Waals surface area (Å²) in [4.78, 5) is 14.9. The molecule has 1 fully saturated rings. The third-order valence-electron chi connectivity index (χ3n) is 4.92. The lowest BCUT2D eigenvalue weighted by atomic mass is 10.1. The van der Waals surface area contributed by atoms with Crippen LogP contribution in [0.3, 0.4) is 0 Å². The predicted molar refractivity (Wildman–Crippen MR) is 114 cm³/mol. The first-order valence-electron chi connectivity index (χ1n) is 9.46. The standard InChI is InChI=1S/C20H28N4O4.ClH/c1-26-12-11-23(15-6-7-18(27-2)19(13-15)28-3)20(25)17-8-10-24(22-17)16-5-4-9-21-14-16;/h6-8,10,13,16,21H,4-5,9,11-12,14H2,1-3H3;1H. The molecule has 1 amide bonds. The number of carbonyl (C=O) groups excluding carboxylic acids is 1. The maximum Gasteiger partial charge on any atom is 0.278 e. The minimum atomic E-state index is -0.174. The van der Waals surface area contributed by atoms with Crippen LogP contribution in [0, 0.1) is 0 Å². The smallest absolute Gasteiger partial charge is 0.278 e. The van der Waals surface area contributed by atoms with Crippen LogP contribution in [0.4, 0.5) is 5.69 Å². The zero-order chi connectivity index (χ0) is 19.9. The Labute approximate surface area is 177 Å². The van der Waals surface area contributed by atoms with Gasteiger partial charge < -0.3 is 24.4 Å². The van der Waals surface area contributed by atoms with E-state index < -0.39 is 0 Å². The molecule has 3 rings (SSSR count). The molecule has 9 heteroatoms. The molecule has 1 N–H and O–H groups in total. The van der Waals surface area contributed by atoms with Gasteiger partial charge in [-0.25, -0.2) is 0 Å². The molecule has 8 nitrogen and oxygen atoms in total. The van der Waals surface area contributed by atoms with Gasteiger partial charge in [-0.05, 0) is 37.6 Å². The number of halogens is 1. The Kier molecular flexibility index (Phi) is 8.75. The minimum Gasteiger partial charge on any atom is -0.493 e. The van der Waals surface area contributed by atoms with Crippen LogP contribution in [0.5, 0.6) is 11.5 Å². The van der Waals surface area contributed by atoms with Crippen molar-refractivity contribution in [1.29, 1.82) is 0 Å². The molecule has 29 heavy (non-hydrogen) atoms. The number of aromatic nitrogens is 2. The van der Waals surface area contributed by atoms with Crippen LogP contribution in [0.15, 0.2) is 30.5 Å². The Balaban J connectivity index is 0.00000300. The number of methoxy groups -OCH3 is 3. The summed E-state index contributed by atoms with van der Waals surface area (Å²) in [6.45, 7) is 2.72. The van der Waals surface area contributed by atoms with Crippen LogP contribution in [-0.2, 0) is 4.74 Å². The largest absolute Gasteiger partial charge is 0.493 e. The second-order valence-corrected chi connectivity index (χ2v) is 6.67. The highest BCUT2D eigenvalue weighted by Crippen LogP contribution is 2.32. The minimum absolute atomic E-state index is 0. The quantitative estimate of drug-likeness (QED) is 0.701. The van der Waals surface area contributed by atoms with E-state index in [2.05, 4.69) is 10.4 Å². The first-order chi connectivity index (χ1) is 13.7. The van der Waals surface area contributed by atoms with E-state index >= 15 is 0 Å². The Morgan fingerprint density at radius 2 is 2.03 bits per heavy atom. The highest BCUT2D eigenvalue weighted by atomic mass is 35.5. The van der Waals surface area contributed by atoms with Crippen molar-refractivity contribution in [3.63, 3.8) is 0 Å². The number of ether oxygens (including phenoxy) is 3. The van der Waals surface area contributed by atoms with E-state index in [1.807, 2.05) is 16.9 Å². The summed E-state index contributed by atoms with van der Waals surface area (Å²) in [5.41, 5.74) is 1.12. The highest BCUT2D eigenvalue weighted by Gasteiger charge is 2.23. The van der Waals surface area contributed by atoms with Crippen molar-refractivity contribution in [2.24, 2.45) is 0 Å². The van der Waals surface area contributed by atoms with Gasteiger partial charge in [-0.2, -0.15) is 5.10 Å². The lowest BCUT2D eigenvalue weighted by molar-refractivity contribution is 0.0969. The number of anilines is 1. The van der Waals surface area contributed by atoms with E-state index in [0.717, 1.165) is 25.9 Å². The van der Waals surface area contributed by atoms with Crippen LogP contribution in [0.2, 0.25) is 0 Å². The van der Waals surface area contributed by atoms with E-state index in [9.17, 15) is 4.79 Å². The molecule has 1 unspecified atom stereocenters. The van der Waals surface area contributed by atoms with E-state index in [1.165, 1.54) is 0 Å². The topological polar surface area (TPSA) is 77.9 Å². The molecule has 1 aliphatic heterocycles. The van der Waals surface area contributed by atoms with Gasteiger partial charge in [0.2, 0.25) is 0 Å². The average Bonchev–Trinajstić information content (AvgIpc) is 3.24. The zero-order valence-corrected chi connectivity index (χ0v) is 17.9. The summed E-state index contributed by atoms with van der Waals surface area (Å²) in [6, 6.07) is 7.46. The fraction of sp³-hybridized carbons (Fsp3) is 0.500. The SMILES string of the molecule is COCCN(C(=O)c1ccn(C2CCCNC2)n1)c1ccc(OC)c(OC)c1.Cl. The molecule has 0 spiro atoms. The fourth-order valence-electron chi connectivity index (χ4n) is 3.38. The van der Waals surface area contributed by atoms with Crippen molar-refractivity contribution in [1.82, 2.24) is 15.1 Å². The Bertz CT molecular complexity index is 793. The first kappa shape index (κ1) is 23.0. The van der Waals surface area contributed by atoms with E-state index in [-0.39, 0.29) is 24.4 Å². The normalized spacial score (nSPS) is 16.0. The van der Waals surface area contributed by atoms with Crippen LogP contribution in [-0.4, -0.2) is 63.3 Å². The van der Waals surface area contributed by atoms with Crippen molar-refractivity contribution in [3.8, 4) is 11.5 Å². The van der Waals surface area contributed by atoms with E-state index in [4.69, 9.17) is 14.2 Å². The van der Waals surface area contributed by atoms with Crippen molar-refractivity contribution in [2.75, 3.05) is 52.5 Å². The van der Waals surface area contributed by atoms with Crippen molar-refractivity contribution in [2.45, 2.75) is 18.9 Å². The molecule has 0 radical (unpaired) electrons. The summed E-state index contributed by atoms with van der Waals surface area (Å²) < 4.78 is 17.8. The number of rotatable bonds is 8.